The number of hydrogen-bond donors (Lipinski definition) is 1. The molecule has 0 saturated carbocycles. The van der Waals surface area contributed by atoms with E-state index in [1.807, 2.05) is 37.3 Å². The van der Waals surface area contributed by atoms with E-state index in [0.717, 1.165) is 22.6 Å². The average Bonchev–Trinajstić information content (AvgIpc) is 3.10. The van der Waals surface area contributed by atoms with Crippen LogP contribution >= 0.6 is 11.7 Å². The molecule has 0 aliphatic carbocycles. The highest BCUT2D eigenvalue weighted by molar-refractivity contribution is 7.00. The summed E-state index contributed by atoms with van der Waals surface area (Å²) in [6.45, 7) is 2.44. The van der Waals surface area contributed by atoms with Crippen molar-refractivity contribution < 1.29 is 9.53 Å². The molecule has 0 spiro atoms. The Morgan fingerprint density at radius 2 is 2.00 bits per heavy atom. The lowest BCUT2D eigenvalue weighted by Gasteiger charge is -2.10. The molecule has 0 atom stereocenters. The summed E-state index contributed by atoms with van der Waals surface area (Å²) in [6.07, 6.45) is 0. The zero-order chi connectivity index (χ0) is 17.2. The molecular weight excluding hydrogens is 336 g/mol. The Morgan fingerprint density at radius 3 is 2.88 bits per heavy atom. The van der Waals surface area contributed by atoms with E-state index < -0.39 is 0 Å². The molecule has 124 valence electrons. The molecule has 1 N–H and O–H groups in total. The van der Waals surface area contributed by atoms with E-state index in [9.17, 15) is 4.79 Å². The van der Waals surface area contributed by atoms with Crippen LogP contribution < -0.4 is 10.1 Å². The summed E-state index contributed by atoms with van der Waals surface area (Å²) < 4.78 is 13.8. The number of benzene rings is 2. The van der Waals surface area contributed by atoms with Crippen molar-refractivity contribution in [3.05, 3.63) is 54.1 Å². The third kappa shape index (κ3) is 3.01. The topological polar surface area (TPSA) is 77.0 Å². The summed E-state index contributed by atoms with van der Waals surface area (Å²) in [7, 11) is 0. The van der Waals surface area contributed by atoms with Gasteiger partial charge < -0.3 is 10.1 Å². The first-order chi connectivity index (χ1) is 12.2. The zero-order valence-electron chi connectivity index (χ0n) is 13.4. The molecule has 25 heavy (non-hydrogen) atoms. The first-order valence-corrected chi connectivity index (χ1v) is 8.54. The number of hydrogen-bond acceptors (Lipinski definition) is 6. The quantitative estimate of drug-likeness (QED) is 0.604. The number of rotatable bonds is 4. The first-order valence-electron chi connectivity index (χ1n) is 7.81. The summed E-state index contributed by atoms with van der Waals surface area (Å²) in [5.74, 6) is 0.317. The van der Waals surface area contributed by atoms with Gasteiger partial charge in [0.1, 0.15) is 11.0 Å². The molecule has 0 unspecified atom stereocenters. The van der Waals surface area contributed by atoms with Gasteiger partial charge in [0.05, 0.1) is 29.5 Å². The molecular formula is C18H14N4O2S. The Morgan fingerprint density at radius 1 is 1.12 bits per heavy atom. The standard InChI is InChI=1S/C18H14N4O2S/c1-2-24-16-9-7-11-4-3-5-14(17(11)20-16)19-18(23)12-6-8-13-15(10-12)22-25-21-13/h3-10H,2H2,1H3,(H,19,23). The number of aromatic nitrogens is 3. The second-order valence-electron chi connectivity index (χ2n) is 5.38. The molecule has 6 nitrogen and oxygen atoms in total. The second-order valence-corrected chi connectivity index (χ2v) is 5.91. The highest BCUT2D eigenvalue weighted by atomic mass is 32.1. The molecule has 2 aromatic heterocycles. The van der Waals surface area contributed by atoms with Crippen LogP contribution in [0.15, 0.2) is 48.5 Å². The van der Waals surface area contributed by atoms with Crippen LogP contribution in [-0.2, 0) is 0 Å². The van der Waals surface area contributed by atoms with Crippen molar-refractivity contribution in [2.45, 2.75) is 6.92 Å². The van der Waals surface area contributed by atoms with Crippen LogP contribution in [0, 0.1) is 0 Å². The van der Waals surface area contributed by atoms with Crippen molar-refractivity contribution in [1.82, 2.24) is 13.7 Å². The van der Waals surface area contributed by atoms with Crippen LogP contribution in [-0.4, -0.2) is 26.2 Å². The molecule has 0 aliphatic rings. The molecule has 4 aromatic rings. The minimum Gasteiger partial charge on any atom is -0.478 e. The van der Waals surface area contributed by atoms with E-state index >= 15 is 0 Å². The maximum atomic E-state index is 12.6. The van der Waals surface area contributed by atoms with Gasteiger partial charge in [0.25, 0.3) is 5.91 Å². The first kappa shape index (κ1) is 15.5. The minimum absolute atomic E-state index is 0.217. The number of fused-ring (bicyclic) bond motifs is 2. The third-order valence-corrected chi connectivity index (χ3v) is 4.31. The number of ether oxygens (including phenoxy) is 1. The molecule has 0 bridgehead atoms. The Kier molecular flexibility index (Phi) is 3.99. The van der Waals surface area contributed by atoms with Crippen LogP contribution in [0.25, 0.3) is 21.9 Å². The van der Waals surface area contributed by atoms with E-state index in [4.69, 9.17) is 4.74 Å². The number of nitrogens with one attached hydrogen (secondary N) is 1. The summed E-state index contributed by atoms with van der Waals surface area (Å²) in [5, 5.41) is 3.86. The molecule has 0 fully saturated rings. The van der Waals surface area contributed by atoms with Crippen molar-refractivity contribution in [2.75, 3.05) is 11.9 Å². The molecule has 0 radical (unpaired) electrons. The van der Waals surface area contributed by atoms with Gasteiger partial charge in [-0.3, -0.25) is 4.79 Å². The van der Waals surface area contributed by atoms with Crippen molar-refractivity contribution >= 4 is 45.3 Å². The van der Waals surface area contributed by atoms with Gasteiger partial charge in [0.2, 0.25) is 5.88 Å². The SMILES string of the molecule is CCOc1ccc2cccc(NC(=O)c3ccc4nsnc4c3)c2n1. The Balaban J connectivity index is 1.69. The predicted molar refractivity (Wildman–Crippen MR) is 98.3 cm³/mol. The van der Waals surface area contributed by atoms with Gasteiger partial charge in [-0.05, 0) is 37.3 Å². The highest BCUT2D eigenvalue weighted by Crippen LogP contribution is 2.25. The van der Waals surface area contributed by atoms with Crippen molar-refractivity contribution in [1.29, 1.82) is 0 Å². The van der Waals surface area contributed by atoms with Crippen molar-refractivity contribution in [3.63, 3.8) is 0 Å². The van der Waals surface area contributed by atoms with Gasteiger partial charge in [-0.1, -0.05) is 12.1 Å². The van der Waals surface area contributed by atoms with E-state index in [-0.39, 0.29) is 5.91 Å². The molecule has 0 aliphatic heterocycles. The molecule has 1 amide bonds. The normalized spacial score (nSPS) is 10.9. The van der Waals surface area contributed by atoms with Crippen LogP contribution in [0.3, 0.4) is 0 Å². The van der Waals surface area contributed by atoms with E-state index in [2.05, 4.69) is 19.0 Å². The second kappa shape index (κ2) is 6.45. The fraction of sp³-hybridized carbons (Fsp3) is 0.111. The minimum atomic E-state index is -0.217. The third-order valence-electron chi connectivity index (χ3n) is 3.75. The molecule has 0 saturated heterocycles. The molecule has 7 heteroatoms. The number of amides is 1. The monoisotopic (exact) mass is 350 g/mol. The van der Waals surface area contributed by atoms with Crippen molar-refractivity contribution in [2.24, 2.45) is 0 Å². The number of carbonyl (C=O) groups excluding carboxylic acids is 1. The summed E-state index contributed by atoms with van der Waals surface area (Å²) in [6, 6.07) is 14.7. The van der Waals surface area contributed by atoms with Crippen LogP contribution in [0.1, 0.15) is 17.3 Å². The smallest absolute Gasteiger partial charge is 0.255 e. The number of nitrogens with zero attached hydrogens (tertiary/aromatic N) is 3. The number of para-hydroxylation sites is 1. The molecule has 4 rings (SSSR count). The zero-order valence-corrected chi connectivity index (χ0v) is 14.2. The maximum absolute atomic E-state index is 12.6. The van der Waals surface area contributed by atoms with Crippen LogP contribution in [0.5, 0.6) is 5.88 Å². The summed E-state index contributed by atoms with van der Waals surface area (Å²) >= 11 is 1.13. The lowest BCUT2D eigenvalue weighted by atomic mass is 10.1. The summed E-state index contributed by atoms with van der Waals surface area (Å²) in [4.78, 5) is 17.1. The average molecular weight is 350 g/mol. The Hall–Kier alpha value is -3.06. The van der Waals surface area contributed by atoms with Gasteiger partial charge in [-0.25, -0.2) is 4.98 Å². The number of carbonyl (C=O) groups is 1. The molecule has 2 heterocycles. The molecule has 2 aromatic carbocycles. The maximum Gasteiger partial charge on any atom is 0.255 e. The van der Waals surface area contributed by atoms with E-state index in [1.165, 1.54) is 0 Å². The van der Waals surface area contributed by atoms with Gasteiger partial charge in [-0.15, -0.1) is 0 Å². The summed E-state index contributed by atoms with van der Waals surface area (Å²) in [5.41, 5.74) is 3.36. The lowest BCUT2D eigenvalue weighted by Crippen LogP contribution is -2.12. The van der Waals surface area contributed by atoms with Gasteiger partial charge >= 0.3 is 0 Å². The fourth-order valence-corrected chi connectivity index (χ4v) is 3.09. The van der Waals surface area contributed by atoms with Crippen LogP contribution in [0.4, 0.5) is 5.69 Å². The highest BCUT2D eigenvalue weighted by Gasteiger charge is 2.11. The number of anilines is 1. The van der Waals surface area contributed by atoms with Gasteiger partial charge in [0.15, 0.2) is 0 Å². The largest absolute Gasteiger partial charge is 0.478 e. The Labute approximate surface area is 147 Å². The van der Waals surface area contributed by atoms with Crippen molar-refractivity contribution in [3.8, 4) is 5.88 Å². The van der Waals surface area contributed by atoms with E-state index in [1.54, 1.807) is 18.2 Å². The van der Waals surface area contributed by atoms with Crippen LogP contribution in [0.2, 0.25) is 0 Å². The number of pyridine rings is 1. The fourth-order valence-electron chi connectivity index (χ4n) is 2.58. The lowest BCUT2D eigenvalue weighted by molar-refractivity contribution is 0.102. The van der Waals surface area contributed by atoms with Gasteiger partial charge in [0, 0.05) is 17.0 Å². The van der Waals surface area contributed by atoms with Gasteiger partial charge in [-0.2, -0.15) is 8.75 Å². The Bertz CT molecular complexity index is 1080. The van der Waals surface area contributed by atoms with E-state index in [0.29, 0.717) is 34.8 Å². The predicted octanol–water partition coefficient (Wildman–Crippen LogP) is 3.89.